The summed E-state index contributed by atoms with van der Waals surface area (Å²) in [5.74, 6) is 7.50. The van der Waals surface area contributed by atoms with Gasteiger partial charge in [0.05, 0.1) is 6.54 Å². The molecule has 162 valence electrons. The van der Waals surface area contributed by atoms with Crippen molar-refractivity contribution in [2.45, 2.75) is 65.5 Å². The van der Waals surface area contributed by atoms with Crippen molar-refractivity contribution in [3.05, 3.63) is 53.5 Å². The third-order valence-electron chi connectivity index (χ3n) is 5.37. The lowest BCUT2D eigenvalue weighted by Gasteiger charge is -2.31. The molecule has 0 bridgehead atoms. The highest BCUT2D eigenvalue weighted by Gasteiger charge is 2.19. The number of hydrogen-bond acceptors (Lipinski definition) is 5. The molecular weight excluding hydrogens is 382 g/mol. The van der Waals surface area contributed by atoms with Gasteiger partial charge in [-0.05, 0) is 42.0 Å². The lowest BCUT2D eigenvalue weighted by Crippen LogP contribution is -2.33. The van der Waals surface area contributed by atoms with Crippen LogP contribution >= 0.6 is 0 Å². The van der Waals surface area contributed by atoms with Crippen LogP contribution in [0.4, 0.5) is 5.82 Å². The third-order valence-corrected chi connectivity index (χ3v) is 5.37. The van der Waals surface area contributed by atoms with Crippen molar-refractivity contribution in [3.8, 4) is 17.9 Å². The molecule has 1 heterocycles. The fourth-order valence-electron chi connectivity index (χ4n) is 3.93. The average Bonchev–Trinajstić information content (AvgIpc) is 2.77. The van der Waals surface area contributed by atoms with Gasteiger partial charge >= 0.3 is 0 Å². The maximum absolute atomic E-state index is 9.15. The van der Waals surface area contributed by atoms with Gasteiger partial charge in [0.15, 0.2) is 0 Å². The summed E-state index contributed by atoms with van der Waals surface area (Å²) in [7, 11) is 0. The normalized spacial score (nSPS) is 14.4. The number of nitrogens with zero attached hydrogens (tertiary/aromatic N) is 4. The summed E-state index contributed by atoms with van der Waals surface area (Å²) in [4.78, 5) is 10.6. The zero-order valence-electron chi connectivity index (χ0n) is 19.0. The molecule has 1 fully saturated rings. The van der Waals surface area contributed by atoms with Crippen molar-refractivity contribution in [3.63, 3.8) is 0 Å². The van der Waals surface area contributed by atoms with Crippen molar-refractivity contribution in [2.75, 3.05) is 18.0 Å². The van der Waals surface area contributed by atoms with E-state index >= 15 is 0 Å². The second kappa shape index (κ2) is 10.9. The summed E-state index contributed by atoms with van der Waals surface area (Å²) in [6, 6.07) is 13.0. The Labute approximate surface area is 186 Å². The van der Waals surface area contributed by atoms with Crippen LogP contribution in [0, 0.1) is 28.6 Å². The standard InChI is InChI=1S/C26H33N5/c1-26(2,3)20-31(25-15-17-29-24(18-27)30-25)19-22-13-11-21(12-14-22)8-7-16-28-23-9-5-4-6-10-23/h11-15,17,23,28H,4-6,9-10,16,19-20H2,1-3H3. The zero-order valence-corrected chi connectivity index (χ0v) is 19.0. The van der Waals surface area contributed by atoms with Crippen molar-refractivity contribution < 1.29 is 0 Å². The number of nitriles is 1. The second-order valence-electron chi connectivity index (χ2n) is 9.48. The van der Waals surface area contributed by atoms with E-state index < -0.39 is 0 Å². The topological polar surface area (TPSA) is 64.8 Å². The molecule has 1 aliphatic carbocycles. The lowest BCUT2D eigenvalue weighted by molar-refractivity contribution is 0.386. The number of rotatable bonds is 6. The molecule has 31 heavy (non-hydrogen) atoms. The van der Waals surface area contributed by atoms with Crippen LogP contribution in [0.3, 0.4) is 0 Å². The highest BCUT2D eigenvalue weighted by molar-refractivity contribution is 5.42. The van der Waals surface area contributed by atoms with Gasteiger partial charge in [0.25, 0.3) is 0 Å². The molecule has 0 saturated heterocycles. The van der Waals surface area contributed by atoms with Gasteiger partial charge in [-0.25, -0.2) is 9.97 Å². The Morgan fingerprint density at radius 3 is 2.52 bits per heavy atom. The first-order valence-corrected chi connectivity index (χ1v) is 11.2. The Hall–Kier alpha value is -2.89. The van der Waals surface area contributed by atoms with E-state index in [1.807, 2.05) is 12.1 Å². The molecule has 2 aromatic rings. The van der Waals surface area contributed by atoms with Gasteiger partial charge in [-0.1, -0.05) is 64.0 Å². The van der Waals surface area contributed by atoms with E-state index in [9.17, 15) is 0 Å². The zero-order chi connectivity index (χ0) is 22.1. The van der Waals surface area contributed by atoms with Gasteiger partial charge in [0.1, 0.15) is 11.9 Å². The highest BCUT2D eigenvalue weighted by Crippen LogP contribution is 2.22. The molecule has 0 spiro atoms. The van der Waals surface area contributed by atoms with Crippen LogP contribution in [0.5, 0.6) is 0 Å². The molecule has 1 aromatic carbocycles. The number of nitrogens with one attached hydrogen (secondary N) is 1. The molecule has 1 saturated carbocycles. The molecule has 5 nitrogen and oxygen atoms in total. The van der Waals surface area contributed by atoms with Crippen molar-refractivity contribution in [1.29, 1.82) is 5.26 Å². The molecule has 1 aliphatic rings. The molecule has 1 N–H and O–H groups in total. The predicted molar refractivity (Wildman–Crippen MR) is 125 cm³/mol. The minimum Gasteiger partial charge on any atom is -0.352 e. The van der Waals surface area contributed by atoms with E-state index in [1.165, 1.54) is 37.7 Å². The molecule has 0 atom stereocenters. The molecule has 0 amide bonds. The summed E-state index contributed by atoms with van der Waals surface area (Å²) in [5, 5.41) is 12.7. The van der Waals surface area contributed by atoms with Crippen molar-refractivity contribution >= 4 is 5.82 Å². The van der Waals surface area contributed by atoms with Gasteiger partial charge < -0.3 is 10.2 Å². The SMILES string of the molecule is CC(C)(C)CN(Cc1ccc(C#CCNC2CCCCC2)cc1)c1ccnc(C#N)n1. The molecule has 0 unspecified atom stereocenters. The minimum absolute atomic E-state index is 0.0918. The monoisotopic (exact) mass is 415 g/mol. The minimum atomic E-state index is 0.0918. The first-order chi connectivity index (χ1) is 14.9. The fraction of sp³-hybridized carbons (Fsp3) is 0.500. The number of hydrogen-bond donors (Lipinski definition) is 1. The van der Waals surface area contributed by atoms with Gasteiger partial charge in [-0.3, -0.25) is 0 Å². The maximum atomic E-state index is 9.15. The number of benzene rings is 1. The molecular formula is C26H33N5. The smallest absolute Gasteiger partial charge is 0.234 e. The largest absolute Gasteiger partial charge is 0.352 e. The van der Waals surface area contributed by atoms with Gasteiger partial charge in [-0.15, -0.1) is 0 Å². The quantitative estimate of drug-likeness (QED) is 0.694. The molecule has 5 heteroatoms. The van der Waals surface area contributed by atoms with E-state index in [2.05, 4.69) is 77.1 Å². The van der Waals surface area contributed by atoms with Gasteiger partial charge in [-0.2, -0.15) is 5.26 Å². The summed E-state index contributed by atoms with van der Waals surface area (Å²) < 4.78 is 0. The van der Waals surface area contributed by atoms with E-state index in [-0.39, 0.29) is 11.2 Å². The van der Waals surface area contributed by atoms with Crippen LogP contribution in [0.1, 0.15) is 69.8 Å². The van der Waals surface area contributed by atoms with Crippen LogP contribution in [0.15, 0.2) is 36.5 Å². The summed E-state index contributed by atoms with van der Waals surface area (Å²) in [6.45, 7) is 8.89. The van der Waals surface area contributed by atoms with Crippen LogP contribution in [-0.2, 0) is 6.54 Å². The van der Waals surface area contributed by atoms with E-state index in [0.717, 1.165) is 31.0 Å². The van der Waals surface area contributed by atoms with Crippen LogP contribution in [0.2, 0.25) is 0 Å². The number of anilines is 1. The second-order valence-corrected chi connectivity index (χ2v) is 9.48. The maximum Gasteiger partial charge on any atom is 0.234 e. The molecule has 3 rings (SSSR count). The molecule has 1 aromatic heterocycles. The highest BCUT2D eigenvalue weighted by atomic mass is 15.2. The summed E-state index contributed by atoms with van der Waals surface area (Å²) in [5.41, 5.74) is 2.31. The first-order valence-electron chi connectivity index (χ1n) is 11.2. The van der Waals surface area contributed by atoms with Gasteiger partial charge in [0, 0.05) is 30.9 Å². The van der Waals surface area contributed by atoms with Crippen molar-refractivity contribution in [1.82, 2.24) is 15.3 Å². The molecule has 0 aliphatic heterocycles. The summed E-state index contributed by atoms with van der Waals surface area (Å²) in [6.07, 6.45) is 8.27. The lowest BCUT2D eigenvalue weighted by atomic mass is 9.95. The van der Waals surface area contributed by atoms with Crippen LogP contribution in [0.25, 0.3) is 0 Å². The Morgan fingerprint density at radius 1 is 1.10 bits per heavy atom. The summed E-state index contributed by atoms with van der Waals surface area (Å²) >= 11 is 0. The van der Waals surface area contributed by atoms with E-state index in [0.29, 0.717) is 6.04 Å². The Morgan fingerprint density at radius 2 is 1.84 bits per heavy atom. The first kappa shape index (κ1) is 22.8. The number of aromatic nitrogens is 2. The Kier molecular flexibility index (Phi) is 8.04. The van der Waals surface area contributed by atoms with Crippen molar-refractivity contribution in [2.24, 2.45) is 5.41 Å². The fourth-order valence-corrected chi connectivity index (χ4v) is 3.93. The van der Waals surface area contributed by atoms with E-state index in [4.69, 9.17) is 5.26 Å². The average molecular weight is 416 g/mol. The van der Waals surface area contributed by atoms with E-state index in [1.54, 1.807) is 6.20 Å². The molecule has 0 radical (unpaired) electrons. The predicted octanol–water partition coefficient (Wildman–Crippen LogP) is 4.67. The Bertz CT molecular complexity index is 935. The van der Waals surface area contributed by atoms with Gasteiger partial charge in [0.2, 0.25) is 5.82 Å². The Balaban J connectivity index is 1.62. The third kappa shape index (κ3) is 7.70. The van der Waals surface area contributed by atoms with Crippen LogP contribution < -0.4 is 10.2 Å². The van der Waals surface area contributed by atoms with Crippen LogP contribution in [-0.4, -0.2) is 29.1 Å².